The van der Waals surface area contributed by atoms with Crippen molar-refractivity contribution in [2.24, 2.45) is 7.05 Å². The molecule has 0 bridgehead atoms. The highest BCUT2D eigenvalue weighted by Crippen LogP contribution is 2.11. The number of carboxylic acids is 1. The van der Waals surface area contributed by atoms with E-state index in [-0.39, 0.29) is 5.95 Å². The molecule has 0 saturated carbocycles. The van der Waals surface area contributed by atoms with Gasteiger partial charge in [-0.15, -0.1) is 0 Å². The molecule has 0 radical (unpaired) electrons. The molecule has 0 spiro atoms. The van der Waals surface area contributed by atoms with Gasteiger partial charge in [-0.05, 0) is 11.0 Å². The third kappa shape index (κ3) is 1.94. The molecule has 1 heterocycles. The van der Waals surface area contributed by atoms with Gasteiger partial charge in [0, 0.05) is 6.08 Å². The number of aromatic nitrogens is 2. The zero-order valence-corrected chi connectivity index (χ0v) is 7.25. The summed E-state index contributed by atoms with van der Waals surface area (Å²) < 4.78 is 1.19. The molecule has 7 heteroatoms. The van der Waals surface area contributed by atoms with E-state index in [0.717, 1.165) is 6.08 Å². The van der Waals surface area contributed by atoms with E-state index in [1.54, 1.807) is 0 Å². The minimum Gasteiger partial charge on any atom is -0.478 e. The van der Waals surface area contributed by atoms with E-state index in [4.69, 9.17) is 5.11 Å². The lowest BCUT2D eigenvalue weighted by Gasteiger charge is -1.94. The van der Waals surface area contributed by atoms with Gasteiger partial charge in [-0.1, -0.05) is 4.98 Å². The van der Waals surface area contributed by atoms with Gasteiger partial charge in [0.25, 0.3) is 0 Å². The molecule has 1 aromatic rings. The first-order valence-electron chi connectivity index (χ1n) is 3.59. The van der Waals surface area contributed by atoms with Gasteiger partial charge in [0.1, 0.15) is 11.9 Å². The van der Waals surface area contributed by atoms with E-state index >= 15 is 0 Å². The van der Waals surface area contributed by atoms with Crippen molar-refractivity contribution < 1.29 is 14.8 Å². The van der Waals surface area contributed by atoms with Gasteiger partial charge >= 0.3 is 11.9 Å². The van der Waals surface area contributed by atoms with Gasteiger partial charge in [-0.3, -0.25) is 0 Å². The van der Waals surface area contributed by atoms with Gasteiger partial charge in [0.15, 0.2) is 0 Å². The largest absolute Gasteiger partial charge is 0.478 e. The van der Waals surface area contributed by atoms with Crippen molar-refractivity contribution in [1.82, 2.24) is 9.55 Å². The van der Waals surface area contributed by atoms with Crippen molar-refractivity contribution in [1.29, 1.82) is 0 Å². The van der Waals surface area contributed by atoms with Gasteiger partial charge in [-0.25, -0.2) is 9.36 Å². The second kappa shape index (κ2) is 3.69. The summed E-state index contributed by atoms with van der Waals surface area (Å²) in [6.45, 7) is 0. The van der Waals surface area contributed by atoms with Crippen LogP contribution in [0.4, 0.5) is 5.95 Å². The molecular weight excluding hydrogens is 190 g/mol. The smallest absolute Gasteiger partial charge is 0.434 e. The predicted molar refractivity (Wildman–Crippen MR) is 46.5 cm³/mol. The van der Waals surface area contributed by atoms with Crippen LogP contribution in [-0.2, 0) is 11.8 Å². The lowest BCUT2D eigenvalue weighted by atomic mass is 10.4. The van der Waals surface area contributed by atoms with Crippen LogP contribution in [0.1, 0.15) is 5.69 Å². The number of aliphatic carboxylic acids is 1. The van der Waals surface area contributed by atoms with E-state index in [9.17, 15) is 14.9 Å². The van der Waals surface area contributed by atoms with Gasteiger partial charge in [0.05, 0.1) is 7.05 Å². The summed E-state index contributed by atoms with van der Waals surface area (Å²) >= 11 is 0. The summed E-state index contributed by atoms with van der Waals surface area (Å²) in [5, 5.41) is 18.7. The van der Waals surface area contributed by atoms with E-state index in [1.807, 2.05) is 0 Å². The maximum atomic E-state index is 10.4. The van der Waals surface area contributed by atoms with Crippen molar-refractivity contribution in [2.45, 2.75) is 0 Å². The lowest BCUT2D eigenvalue weighted by molar-refractivity contribution is -0.396. The molecule has 1 aromatic heterocycles. The van der Waals surface area contributed by atoms with Gasteiger partial charge < -0.3 is 15.2 Å². The Hall–Kier alpha value is -2.18. The van der Waals surface area contributed by atoms with Crippen LogP contribution in [0.2, 0.25) is 0 Å². The van der Waals surface area contributed by atoms with Gasteiger partial charge in [0.2, 0.25) is 0 Å². The minimum absolute atomic E-state index is 0.324. The Bertz CT molecular complexity index is 407. The van der Waals surface area contributed by atoms with Crippen LogP contribution in [-0.4, -0.2) is 25.6 Å². The molecular formula is C7H7N3O4. The first-order chi connectivity index (χ1) is 6.52. The quantitative estimate of drug-likeness (QED) is 0.430. The van der Waals surface area contributed by atoms with Crippen LogP contribution in [0.5, 0.6) is 0 Å². The monoisotopic (exact) mass is 197 g/mol. The lowest BCUT2D eigenvalue weighted by Crippen LogP contribution is -1.99. The van der Waals surface area contributed by atoms with Crippen LogP contribution in [0, 0.1) is 10.1 Å². The summed E-state index contributed by atoms with van der Waals surface area (Å²) in [6.07, 6.45) is 3.36. The van der Waals surface area contributed by atoms with Crippen molar-refractivity contribution in [3.63, 3.8) is 0 Å². The molecule has 74 valence electrons. The first kappa shape index (κ1) is 9.90. The number of carbonyl (C=O) groups is 1. The van der Waals surface area contributed by atoms with E-state index in [0.29, 0.717) is 5.69 Å². The fourth-order valence-electron chi connectivity index (χ4n) is 0.894. The number of hydrogen-bond acceptors (Lipinski definition) is 4. The highest BCUT2D eigenvalue weighted by Gasteiger charge is 2.14. The molecule has 0 aliphatic carbocycles. The average molecular weight is 197 g/mol. The van der Waals surface area contributed by atoms with E-state index in [2.05, 4.69) is 4.98 Å². The molecule has 0 saturated heterocycles. The van der Waals surface area contributed by atoms with Crippen LogP contribution >= 0.6 is 0 Å². The molecule has 0 aliphatic heterocycles. The summed E-state index contributed by atoms with van der Waals surface area (Å²) in [6, 6.07) is 0. The SMILES string of the molecule is Cn1c(C=CC(=O)O)cnc1[N+](=O)[O-]. The molecule has 1 rings (SSSR count). The van der Waals surface area contributed by atoms with Gasteiger partial charge in [-0.2, -0.15) is 0 Å². The predicted octanol–water partition coefficient (Wildman–Crippen LogP) is 0.426. The maximum absolute atomic E-state index is 10.4. The topological polar surface area (TPSA) is 98.3 Å². The second-order valence-electron chi connectivity index (χ2n) is 2.47. The molecule has 7 nitrogen and oxygen atoms in total. The number of nitrogens with zero attached hydrogens (tertiary/aromatic N) is 3. The number of imidazole rings is 1. The summed E-state index contributed by atoms with van der Waals surface area (Å²) in [5.74, 6) is -1.44. The fourth-order valence-corrected chi connectivity index (χ4v) is 0.894. The van der Waals surface area contributed by atoms with Crippen LogP contribution < -0.4 is 0 Å². The fraction of sp³-hybridized carbons (Fsp3) is 0.143. The summed E-state index contributed by atoms with van der Waals surface area (Å²) in [5.41, 5.74) is 0.360. The van der Waals surface area contributed by atoms with Crippen LogP contribution in [0.3, 0.4) is 0 Å². The minimum atomic E-state index is -1.12. The van der Waals surface area contributed by atoms with Crippen molar-refractivity contribution in [2.75, 3.05) is 0 Å². The highest BCUT2D eigenvalue weighted by molar-refractivity contribution is 5.84. The first-order valence-corrected chi connectivity index (χ1v) is 3.59. The Morgan fingerprint density at radius 3 is 2.86 bits per heavy atom. The Morgan fingerprint density at radius 1 is 1.79 bits per heavy atom. The van der Waals surface area contributed by atoms with Crippen LogP contribution in [0.15, 0.2) is 12.3 Å². The Kier molecular flexibility index (Phi) is 2.61. The molecule has 14 heavy (non-hydrogen) atoms. The average Bonchev–Trinajstić information content (AvgIpc) is 2.43. The molecule has 0 atom stereocenters. The third-order valence-corrected chi connectivity index (χ3v) is 1.56. The zero-order valence-electron chi connectivity index (χ0n) is 7.25. The number of rotatable bonds is 3. The number of carboxylic acid groups (broad SMARTS) is 1. The number of hydrogen-bond donors (Lipinski definition) is 1. The maximum Gasteiger partial charge on any atom is 0.434 e. The van der Waals surface area contributed by atoms with E-state index < -0.39 is 10.9 Å². The number of nitro groups is 1. The Balaban J connectivity index is 3.01. The third-order valence-electron chi connectivity index (χ3n) is 1.56. The highest BCUT2D eigenvalue weighted by atomic mass is 16.6. The standard InChI is InChI=1S/C7H7N3O4/c1-9-5(2-3-6(11)12)4-8-7(9)10(13)14/h2-4H,1H3,(H,11,12). The van der Waals surface area contributed by atoms with Crippen LogP contribution in [0.25, 0.3) is 6.08 Å². The zero-order chi connectivity index (χ0) is 10.7. The second-order valence-corrected chi connectivity index (χ2v) is 2.47. The summed E-state index contributed by atoms with van der Waals surface area (Å²) in [7, 11) is 1.44. The molecule has 0 aliphatic rings. The molecule has 1 N–H and O–H groups in total. The molecule has 0 unspecified atom stereocenters. The van der Waals surface area contributed by atoms with Crippen molar-refractivity contribution in [3.8, 4) is 0 Å². The Morgan fingerprint density at radius 2 is 2.43 bits per heavy atom. The normalized spacial score (nSPS) is 10.6. The molecule has 0 amide bonds. The van der Waals surface area contributed by atoms with Crippen molar-refractivity contribution >= 4 is 18.0 Å². The molecule has 0 aromatic carbocycles. The Labute approximate surface area is 78.4 Å². The molecule has 0 fully saturated rings. The summed E-state index contributed by atoms with van der Waals surface area (Å²) in [4.78, 5) is 23.4. The van der Waals surface area contributed by atoms with E-state index in [1.165, 1.54) is 23.9 Å². The van der Waals surface area contributed by atoms with Crippen molar-refractivity contribution in [3.05, 3.63) is 28.1 Å².